The minimum atomic E-state index is -0.330. The number of aliphatic hydroxyl groups excluding tert-OH is 1. The zero-order valence-electron chi connectivity index (χ0n) is 8.02. The lowest BCUT2D eigenvalue weighted by Gasteiger charge is -2.06. The largest absolute Gasteiger partial charge is 0.388 e. The van der Waals surface area contributed by atoms with Crippen LogP contribution in [0.15, 0.2) is 33.4 Å². The molecule has 0 fully saturated rings. The van der Waals surface area contributed by atoms with Crippen LogP contribution >= 0.6 is 38.6 Å². The lowest BCUT2D eigenvalue weighted by molar-refractivity contribution is 0.172. The summed E-state index contributed by atoms with van der Waals surface area (Å²) in [5.74, 6) is 0. The fourth-order valence-electron chi connectivity index (χ4n) is 1.38. The fourth-order valence-corrected chi connectivity index (χ4v) is 3.57. The second kappa shape index (κ2) is 5.25. The van der Waals surface area contributed by atoms with Gasteiger partial charge < -0.3 is 5.11 Å². The van der Waals surface area contributed by atoms with Crippen molar-refractivity contribution >= 4 is 38.6 Å². The Hall–Kier alpha value is -0.160. The highest BCUT2D eigenvalue weighted by molar-refractivity contribution is 9.10. The fraction of sp³-hybridized carbons (Fsp3) is 0.273. The van der Waals surface area contributed by atoms with Gasteiger partial charge in [0, 0.05) is 19.6 Å². The van der Waals surface area contributed by atoms with Crippen LogP contribution in [0.2, 0.25) is 0 Å². The van der Waals surface area contributed by atoms with E-state index in [1.165, 1.54) is 4.88 Å². The summed E-state index contributed by atoms with van der Waals surface area (Å²) in [7, 11) is 0. The highest BCUT2D eigenvalue weighted by atomic mass is 79.9. The molecule has 1 nitrogen and oxygen atoms in total. The van der Waals surface area contributed by atoms with E-state index in [1.54, 1.807) is 22.7 Å². The van der Waals surface area contributed by atoms with Crippen molar-refractivity contribution in [3.63, 3.8) is 0 Å². The van der Waals surface area contributed by atoms with E-state index in [9.17, 15) is 5.11 Å². The summed E-state index contributed by atoms with van der Waals surface area (Å²) in [5, 5.41) is 14.0. The highest BCUT2D eigenvalue weighted by Gasteiger charge is 2.10. The summed E-state index contributed by atoms with van der Waals surface area (Å²) >= 11 is 6.74. The van der Waals surface area contributed by atoms with E-state index < -0.39 is 0 Å². The van der Waals surface area contributed by atoms with Crippen molar-refractivity contribution < 1.29 is 5.11 Å². The van der Waals surface area contributed by atoms with E-state index in [1.807, 2.05) is 17.5 Å². The molecule has 0 radical (unpaired) electrons. The number of hydrogen-bond donors (Lipinski definition) is 1. The quantitative estimate of drug-likeness (QED) is 0.896. The first-order valence-electron chi connectivity index (χ1n) is 4.70. The minimum Gasteiger partial charge on any atom is -0.388 e. The van der Waals surface area contributed by atoms with Crippen LogP contribution in [0.25, 0.3) is 0 Å². The van der Waals surface area contributed by atoms with Crippen LogP contribution in [0.1, 0.15) is 22.3 Å². The number of aliphatic hydroxyl groups is 1. The van der Waals surface area contributed by atoms with E-state index >= 15 is 0 Å². The average molecular weight is 303 g/mol. The Morgan fingerprint density at radius 2 is 2.27 bits per heavy atom. The van der Waals surface area contributed by atoms with Crippen LogP contribution in [-0.4, -0.2) is 5.11 Å². The number of thiophene rings is 2. The molecule has 2 aromatic heterocycles. The minimum absolute atomic E-state index is 0.330. The SMILES string of the molecule is OC(CCc1cccs1)c1cc(Br)cs1. The molecule has 0 amide bonds. The van der Waals surface area contributed by atoms with E-state index in [0.717, 1.165) is 22.2 Å². The smallest absolute Gasteiger partial charge is 0.0885 e. The molecule has 0 saturated heterocycles. The number of halogens is 1. The van der Waals surface area contributed by atoms with Gasteiger partial charge in [0.15, 0.2) is 0 Å². The second-order valence-corrected chi connectivity index (χ2v) is 6.19. The van der Waals surface area contributed by atoms with Crippen LogP contribution in [0.5, 0.6) is 0 Å². The molecule has 0 saturated carbocycles. The third-order valence-electron chi connectivity index (χ3n) is 2.16. The zero-order chi connectivity index (χ0) is 10.7. The van der Waals surface area contributed by atoms with E-state index in [4.69, 9.17) is 0 Å². The van der Waals surface area contributed by atoms with Gasteiger partial charge in [0.05, 0.1) is 6.10 Å². The molecule has 80 valence electrons. The summed E-state index contributed by atoms with van der Waals surface area (Å²) in [4.78, 5) is 2.38. The monoisotopic (exact) mass is 302 g/mol. The van der Waals surface area contributed by atoms with Crippen molar-refractivity contribution in [2.45, 2.75) is 18.9 Å². The first-order valence-corrected chi connectivity index (χ1v) is 7.25. The molecule has 4 heteroatoms. The van der Waals surface area contributed by atoms with Gasteiger partial charge in [-0.2, -0.15) is 0 Å². The van der Waals surface area contributed by atoms with Gasteiger partial charge in [0.2, 0.25) is 0 Å². The Morgan fingerprint density at radius 1 is 1.40 bits per heavy atom. The molecule has 2 aromatic rings. The lowest BCUT2D eigenvalue weighted by atomic mass is 10.1. The Kier molecular flexibility index (Phi) is 3.97. The molecule has 0 aliphatic heterocycles. The van der Waals surface area contributed by atoms with Gasteiger partial charge in [0.1, 0.15) is 0 Å². The van der Waals surface area contributed by atoms with Crippen molar-refractivity contribution in [3.8, 4) is 0 Å². The summed E-state index contributed by atoms with van der Waals surface area (Å²) in [6, 6.07) is 6.15. The third kappa shape index (κ3) is 3.14. The highest BCUT2D eigenvalue weighted by Crippen LogP contribution is 2.28. The molecule has 1 N–H and O–H groups in total. The zero-order valence-corrected chi connectivity index (χ0v) is 11.2. The topological polar surface area (TPSA) is 20.2 Å². The second-order valence-electron chi connectivity index (χ2n) is 3.30. The average Bonchev–Trinajstić information content (AvgIpc) is 2.84. The number of rotatable bonds is 4. The van der Waals surface area contributed by atoms with E-state index in [0.29, 0.717) is 0 Å². The van der Waals surface area contributed by atoms with Crippen molar-refractivity contribution in [1.29, 1.82) is 0 Å². The predicted octanol–water partition coefficient (Wildman–Crippen LogP) is 4.24. The van der Waals surface area contributed by atoms with Gasteiger partial charge in [0.25, 0.3) is 0 Å². The third-order valence-corrected chi connectivity index (χ3v) is 4.89. The maximum atomic E-state index is 9.93. The molecule has 1 unspecified atom stereocenters. The van der Waals surface area contributed by atoms with Crippen LogP contribution < -0.4 is 0 Å². The molecule has 2 heterocycles. The number of aryl methyl sites for hydroxylation is 1. The molecule has 0 spiro atoms. The predicted molar refractivity (Wildman–Crippen MR) is 69.6 cm³/mol. The normalized spacial score (nSPS) is 12.9. The summed E-state index contributed by atoms with van der Waals surface area (Å²) in [6.07, 6.45) is 1.42. The van der Waals surface area contributed by atoms with Gasteiger partial charge in [-0.1, -0.05) is 6.07 Å². The first kappa shape index (κ1) is 11.3. The summed E-state index contributed by atoms with van der Waals surface area (Å²) in [5.41, 5.74) is 0. The summed E-state index contributed by atoms with van der Waals surface area (Å²) < 4.78 is 1.05. The van der Waals surface area contributed by atoms with Crippen molar-refractivity contribution in [1.82, 2.24) is 0 Å². The number of hydrogen-bond acceptors (Lipinski definition) is 3. The van der Waals surface area contributed by atoms with Gasteiger partial charge in [-0.25, -0.2) is 0 Å². The molecule has 0 bridgehead atoms. The maximum Gasteiger partial charge on any atom is 0.0885 e. The molecular formula is C11H11BrOS2. The van der Waals surface area contributed by atoms with Crippen LogP contribution in [0.3, 0.4) is 0 Å². The van der Waals surface area contributed by atoms with Crippen LogP contribution in [0, 0.1) is 0 Å². The Labute approximate surface area is 106 Å². The van der Waals surface area contributed by atoms with E-state index in [2.05, 4.69) is 27.4 Å². The molecular weight excluding hydrogens is 292 g/mol. The van der Waals surface area contributed by atoms with Gasteiger partial charge in [-0.05, 0) is 46.3 Å². The standard InChI is InChI=1S/C11H11BrOS2/c12-8-6-11(15-7-8)10(13)4-3-9-2-1-5-14-9/h1-2,5-7,10,13H,3-4H2. The van der Waals surface area contributed by atoms with Gasteiger partial charge >= 0.3 is 0 Å². The van der Waals surface area contributed by atoms with Crippen LogP contribution in [0.4, 0.5) is 0 Å². The van der Waals surface area contributed by atoms with Gasteiger partial charge in [-0.15, -0.1) is 22.7 Å². The first-order chi connectivity index (χ1) is 7.25. The molecule has 0 aromatic carbocycles. The Bertz CT molecular complexity index is 408. The molecule has 0 aliphatic rings. The Morgan fingerprint density at radius 3 is 2.87 bits per heavy atom. The van der Waals surface area contributed by atoms with E-state index in [-0.39, 0.29) is 6.10 Å². The van der Waals surface area contributed by atoms with Crippen LogP contribution in [-0.2, 0) is 6.42 Å². The summed E-state index contributed by atoms with van der Waals surface area (Å²) in [6.45, 7) is 0. The molecule has 2 rings (SSSR count). The van der Waals surface area contributed by atoms with Crippen molar-refractivity contribution in [2.75, 3.05) is 0 Å². The van der Waals surface area contributed by atoms with Crippen molar-refractivity contribution in [2.24, 2.45) is 0 Å². The van der Waals surface area contributed by atoms with Gasteiger partial charge in [-0.3, -0.25) is 0 Å². The molecule has 0 aliphatic carbocycles. The lowest BCUT2D eigenvalue weighted by Crippen LogP contribution is -1.95. The maximum absolute atomic E-state index is 9.93. The molecule has 15 heavy (non-hydrogen) atoms. The van der Waals surface area contributed by atoms with Crippen molar-refractivity contribution in [3.05, 3.63) is 43.2 Å². The Balaban J connectivity index is 1.90. The molecule has 1 atom stereocenters.